The van der Waals surface area contributed by atoms with E-state index >= 15 is 0 Å². The molecule has 0 spiro atoms. The van der Waals surface area contributed by atoms with Gasteiger partial charge in [-0.05, 0) is 28.8 Å². The summed E-state index contributed by atoms with van der Waals surface area (Å²) >= 11 is 0. The second-order valence-corrected chi connectivity index (χ2v) is 6.77. The lowest BCUT2D eigenvalue weighted by molar-refractivity contribution is -0.0446. The van der Waals surface area contributed by atoms with Gasteiger partial charge in [0.15, 0.2) is 0 Å². The van der Waals surface area contributed by atoms with E-state index in [2.05, 4.69) is 0 Å². The van der Waals surface area contributed by atoms with Crippen LogP contribution in [0.2, 0.25) is 0 Å². The summed E-state index contributed by atoms with van der Waals surface area (Å²) in [5, 5.41) is 8.77. The van der Waals surface area contributed by atoms with E-state index in [1.54, 1.807) is 24.3 Å². The molecule has 0 aliphatic heterocycles. The Labute approximate surface area is 143 Å². The maximum Gasteiger partial charge on any atom is 0.511 e. The monoisotopic (exact) mass is 366 g/mol. The first kappa shape index (κ1) is 18.7. The predicted octanol–water partition coefficient (Wildman–Crippen LogP) is 3.68. The number of nitrogens with zero attached hydrogens (tertiary/aromatic N) is 1. The van der Waals surface area contributed by atoms with Crippen LogP contribution in [0.5, 0.6) is 0 Å². The number of nitriles is 1. The Hall–Kier alpha value is -2.63. The van der Waals surface area contributed by atoms with E-state index in [-0.39, 0.29) is 0 Å². The second-order valence-electron chi connectivity index (χ2n) is 5.01. The van der Waals surface area contributed by atoms with E-state index < -0.39 is 22.1 Å². The van der Waals surface area contributed by atoms with Crippen molar-refractivity contribution < 1.29 is 21.6 Å². The molecule has 0 fully saturated rings. The zero-order valence-corrected chi connectivity index (χ0v) is 13.6. The highest BCUT2D eigenvalue weighted by Gasteiger charge is 2.45. The quantitative estimate of drug-likeness (QED) is 0.878. The van der Waals surface area contributed by atoms with Crippen molar-refractivity contribution in [3.63, 3.8) is 0 Å². The van der Waals surface area contributed by atoms with Gasteiger partial charge < -0.3 is 0 Å². The summed E-state index contributed by atoms with van der Waals surface area (Å²) in [4.78, 5) is 0. The summed E-state index contributed by atoms with van der Waals surface area (Å²) in [6, 6.07) is 16.2. The van der Waals surface area contributed by atoms with Gasteiger partial charge in [0, 0.05) is 6.54 Å². The number of alkyl halides is 3. The highest BCUT2D eigenvalue weighted by molar-refractivity contribution is 7.90. The van der Waals surface area contributed by atoms with Crippen LogP contribution >= 0.6 is 0 Å². The van der Waals surface area contributed by atoms with Crippen molar-refractivity contribution in [2.75, 3.05) is 6.54 Å². The fourth-order valence-corrected chi connectivity index (χ4v) is 2.44. The third kappa shape index (κ3) is 4.92. The van der Waals surface area contributed by atoms with Crippen molar-refractivity contribution in [2.24, 2.45) is 0 Å². The van der Waals surface area contributed by atoms with Gasteiger partial charge >= 0.3 is 15.5 Å². The van der Waals surface area contributed by atoms with Gasteiger partial charge in [0.25, 0.3) is 0 Å². The van der Waals surface area contributed by atoms with Crippen molar-refractivity contribution in [1.29, 1.82) is 5.26 Å². The first-order valence-electron chi connectivity index (χ1n) is 7.06. The molecule has 0 saturated carbocycles. The topological polar surface area (TPSA) is 70.0 Å². The number of halogens is 3. The van der Waals surface area contributed by atoms with E-state index in [1.807, 2.05) is 30.3 Å². The van der Waals surface area contributed by atoms with E-state index in [0.29, 0.717) is 11.1 Å². The molecule has 4 nitrogen and oxygen atoms in total. The minimum atomic E-state index is -5.32. The molecule has 0 bridgehead atoms. The van der Waals surface area contributed by atoms with Gasteiger partial charge in [-0.25, -0.2) is 13.1 Å². The molecule has 2 aromatic carbocycles. The molecule has 8 heteroatoms. The normalized spacial score (nSPS) is 12.2. The fourth-order valence-electron chi connectivity index (χ4n) is 1.96. The van der Waals surface area contributed by atoms with Gasteiger partial charge in [0.05, 0.1) is 11.6 Å². The number of sulfonamides is 1. The Morgan fingerprint density at radius 2 is 1.52 bits per heavy atom. The van der Waals surface area contributed by atoms with E-state index in [0.717, 1.165) is 11.1 Å². The lowest BCUT2D eigenvalue weighted by atomic mass is 10.0. The second kappa shape index (κ2) is 7.51. The van der Waals surface area contributed by atoms with Crippen LogP contribution in [0.4, 0.5) is 13.2 Å². The largest absolute Gasteiger partial charge is 0.511 e. The predicted molar refractivity (Wildman–Crippen MR) is 88.6 cm³/mol. The molecule has 25 heavy (non-hydrogen) atoms. The molecular weight excluding hydrogens is 353 g/mol. The molecule has 0 atom stereocenters. The molecule has 2 rings (SSSR count). The van der Waals surface area contributed by atoms with Crippen LogP contribution in [-0.2, 0) is 10.0 Å². The van der Waals surface area contributed by atoms with E-state index in [9.17, 15) is 21.6 Å². The minimum absolute atomic E-state index is 0.459. The van der Waals surface area contributed by atoms with Crippen LogP contribution in [0, 0.1) is 11.3 Å². The Morgan fingerprint density at radius 3 is 2.00 bits per heavy atom. The molecule has 0 aromatic heterocycles. The molecular formula is C17H13F3N2O2S. The first-order valence-corrected chi connectivity index (χ1v) is 8.54. The molecule has 0 unspecified atom stereocenters. The third-order valence-corrected chi connectivity index (χ3v) is 4.42. The summed E-state index contributed by atoms with van der Waals surface area (Å²) in [5.41, 5.74) is -2.20. The standard InChI is InChI=1S/C17H13F3N2O2S/c18-17(19,20)25(23,24)22-11-1-2-13-3-7-15(8-4-13)16-9-5-14(12-21)6-10-16/h1-10,22H,11H2/b2-1+. The molecule has 1 N–H and O–H groups in total. The molecule has 0 radical (unpaired) electrons. The zero-order valence-electron chi connectivity index (χ0n) is 12.8. The van der Waals surface area contributed by atoms with Crippen molar-refractivity contribution in [3.05, 3.63) is 65.7 Å². The minimum Gasteiger partial charge on any atom is -0.204 e. The number of hydrogen-bond acceptors (Lipinski definition) is 3. The maximum atomic E-state index is 12.1. The van der Waals surface area contributed by atoms with Gasteiger partial charge in [-0.2, -0.15) is 18.4 Å². The van der Waals surface area contributed by atoms with Crippen LogP contribution in [0.25, 0.3) is 17.2 Å². The van der Waals surface area contributed by atoms with E-state index in [4.69, 9.17) is 5.26 Å². The summed E-state index contributed by atoms with van der Waals surface area (Å²) < 4.78 is 59.5. The Balaban J connectivity index is 1.99. The highest BCUT2D eigenvalue weighted by Crippen LogP contribution is 2.22. The van der Waals surface area contributed by atoms with Crippen LogP contribution in [0.15, 0.2) is 54.6 Å². The lowest BCUT2D eigenvalue weighted by Crippen LogP contribution is -2.36. The smallest absolute Gasteiger partial charge is 0.204 e. The zero-order chi connectivity index (χ0) is 18.5. The van der Waals surface area contributed by atoms with Gasteiger partial charge in [-0.15, -0.1) is 0 Å². The highest BCUT2D eigenvalue weighted by atomic mass is 32.2. The number of nitrogens with one attached hydrogen (secondary N) is 1. The molecule has 2 aromatic rings. The van der Waals surface area contributed by atoms with Gasteiger partial charge in [0.1, 0.15) is 0 Å². The fraction of sp³-hybridized carbons (Fsp3) is 0.118. The SMILES string of the molecule is N#Cc1ccc(-c2ccc(/C=C/CNS(=O)(=O)C(F)(F)F)cc2)cc1. The van der Waals surface area contributed by atoms with Gasteiger partial charge in [-0.3, -0.25) is 0 Å². The summed E-state index contributed by atoms with van der Waals surface area (Å²) in [5.74, 6) is 0. The number of hydrogen-bond donors (Lipinski definition) is 1. The first-order chi connectivity index (χ1) is 11.7. The van der Waals surface area contributed by atoms with Crippen molar-refractivity contribution in [1.82, 2.24) is 4.72 Å². The van der Waals surface area contributed by atoms with Crippen LogP contribution in [0.1, 0.15) is 11.1 Å². The molecule has 0 aliphatic rings. The van der Waals surface area contributed by atoms with E-state index in [1.165, 1.54) is 16.9 Å². The lowest BCUT2D eigenvalue weighted by Gasteiger charge is -2.07. The van der Waals surface area contributed by atoms with Crippen LogP contribution in [-0.4, -0.2) is 20.5 Å². The van der Waals surface area contributed by atoms with Crippen molar-refractivity contribution >= 4 is 16.1 Å². The molecule has 0 saturated heterocycles. The summed E-state index contributed by atoms with van der Waals surface area (Å²) in [7, 11) is -5.32. The summed E-state index contributed by atoms with van der Waals surface area (Å²) in [6.07, 6.45) is 2.81. The molecule has 0 heterocycles. The van der Waals surface area contributed by atoms with Gasteiger partial charge in [0.2, 0.25) is 0 Å². The van der Waals surface area contributed by atoms with Crippen LogP contribution < -0.4 is 4.72 Å². The molecule has 0 aliphatic carbocycles. The van der Waals surface area contributed by atoms with Crippen molar-refractivity contribution in [2.45, 2.75) is 5.51 Å². The molecule has 0 amide bonds. The Bertz CT molecular complexity index is 895. The van der Waals surface area contributed by atoms with Crippen molar-refractivity contribution in [3.8, 4) is 17.2 Å². The molecule has 130 valence electrons. The number of rotatable bonds is 5. The Kier molecular flexibility index (Phi) is 5.62. The van der Waals surface area contributed by atoms with Crippen LogP contribution in [0.3, 0.4) is 0 Å². The maximum absolute atomic E-state index is 12.1. The van der Waals surface area contributed by atoms with Gasteiger partial charge in [-0.1, -0.05) is 48.6 Å². The third-order valence-electron chi connectivity index (χ3n) is 3.26. The average Bonchev–Trinajstić information content (AvgIpc) is 2.58. The summed E-state index contributed by atoms with van der Waals surface area (Å²) in [6.45, 7) is -0.459. The number of benzene rings is 2. The Morgan fingerprint density at radius 1 is 1.00 bits per heavy atom. The average molecular weight is 366 g/mol.